The minimum absolute atomic E-state index is 0.0891. The van der Waals surface area contributed by atoms with Gasteiger partial charge in [0.1, 0.15) is 18.2 Å². The maximum Gasteiger partial charge on any atom is 0.408 e. The molecule has 8 N–H and O–H groups in total. The molecule has 1 atom stereocenters. The lowest BCUT2D eigenvalue weighted by Crippen LogP contribution is -2.48. The zero-order chi connectivity index (χ0) is 35.0. The molecule has 0 fully saturated rings. The molecule has 15 nitrogen and oxygen atoms in total. The molecule has 3 amide bonds. The Bertz CT molecular complexity index is 1450. The van der Waals surface area contributed by atoms with E-state index in [0.29, 0.717) is 12.8 Å². The van der Waals surface area contributed by atoms with Crippen LogP contribution in [0.2, 0.25) is 0 Å². The maximum atomic E-state index is 12.9. The second kappa shape index (κ2) is 15.7. The number of fused-ring (bicyclic) bond motifs is 3. The summed E-state index contributed by atoms with van der Waals surface area (Å²) < 4.78 is 33.8. The van der Waals surface area contributed by atoms with E-state index < -0.39 is 62.9 Å². The number of carbonyl (C=O) groups excluding carboxylic acids is 3. The summed E-state index contributed by atoms with van der Waals surface area (Å²) in [4.78, 5) is 74.8. The number of amides is 3. The largest absolute Gasteiger partial charge is 0.449 e. The van der Waals surface area contributed by atoms with Gasteiger partial charge in [0, 0.05) is 25.4 Å². The molecule has 0 saturated carbocycles. The molecule has 47 heavy (non-hydrogen) atoms. The summed E-state index contributed by atoms with van der Waals surface area (Å²) in [5, 5.41) is 14.0. The molecule has 0 heterocycles. The average molecular weight is 700 g/mol. The first-order chi connectivity index (χ1) is 21.8. The van der Waals surface area contributed by atoms with Crippen molar-refractivity contribution < 1.29 is 57.7 Å². The number of hydrogen-bond donors (Lipinski definition) is 8. The van der Waals surface area contributed by atoms with E-state index in [4.69, 9.17) is 9.47 Å². The van der Waals surface area contributed by atoms with E-state index in [1.807, 2.05) is 48.5 Å². The van der Waals surface area contributed by atoms with Gasteiger partial charge in [0.25, 0.3) is 5.08 Å². The summed E-state index contributed by atoms with van der Waals surface area (Å²) in [6.07, 6.45) is -1.97. The van der Waals surface area contributed by atoms with E-state index in [2.05, 4.69) is 16.0 Å². The lowest BCUT2D eigenvalue weighted by atomic mass is 9.98. The molecule has 0 aromatic heterocycles. The van der Waals surface area contributed by atoms with Gasteiger partial charge in [-0.05, 0) is 68.7 Å². The third-order valence-electron chi connectivity index (χ3n) is 7.46. The van der Waals surface area contributed by atoms with Gasteiger partial charge >= 0.3 is 27.4 Å². The molecule has 1 aliphatic carbocycles. The Morgan fingerprint density at radius 3 is 1.87 bits per heavy atom. The predicted molar refractivity (Wildman–Crippen MR) is 171 cm³/mol. The van der Waals surface area contributed by atoms with Crippen molar-refractivity contribution in [3.63, 3.8) is 0 Å². The highest BCUT2D eigenvalue weighted by molar-refractivity contribution is 7.72. The van der Waals surface area contributed by atoms with Crippen molar-refractivity contribution in [3.8, 4) is 11.1 Å². The van der Waals surface area contributed by atoms with Gasteiger partial charge in [-0.1, -0.05) is 48.5 Å². The van der Waals surface area contributed by atoms with Crippen LogP contribution in [0, 0.1) is 0 Å². The number of unbranched alkanes of at least 4 members (excludes halogenated alkanes) is 1. The summed E-state index contributed by atoms with van der Waals surface area (Å²) >= 11 is 0. The summed E-state index contributed by atoms with van der Waals surface area (Å²) in [7, 11) is -11.3. The maximum absolute atomic E-state index is 12.9. The molecule has 0 saturated heterocycles. The third kappa shape index (κ3) is 10.3. The SMILES string of the molecule is CC(C)(C)OC(=O)NC(CCCCNC(=O)OCC1c2ccccc2-c2ccccc21)C(=O)NCCCC(O)(P(=O)(O)O)P(=O)(O)O. The molecular formula is C30H43N3O12P2. The highest BCUT2D eigenvalue weighted by Crippen LogP contribution is 2.69. The van der Waals surface area contributed by atoms with Crippen molar-refractivity contribution in [2.75, 3.05) is 19.7 Å². The highest BCUT2D eigenvalue weighted by atomic mass is 31.2. The van der Waals surface area contributed by atoms with Crippen LogP contribution in [-0.2, 0) is 23.4 Å². The fourth-order valence-electron chi connectivity index (χ4n) is 5.15. The van der Waals surface area contributed by atoms with Crippen molar-refractivity contribution in [3.05, 3.63) is 59.7 Å². The Labute approximate surface area is 272 Å². The van der Waals surface area contributed by atoms with Crippen LogP contribution < -0.4 is 16.0 Å². The molecule has 0 aliphatic heterocycles. The lowest BCUT2D eigenvalue weighted by molar-refractivity contribution is -0.123. The minimum atomic E-state index is -5.63. The molecule has 3 rings (SSSR count). The number of ether oxygens (including phenoxy) is 2. The van der Waals surface area contributed by atoms with Crippen LogP contribution in [0.15, 0.2) is 48.5 Å². The van der Waals surface area contributed by atoms with Gasteiger partial charge in [-0.2, -0.15) is 0 Å². The van der Waals surface area contributed by atoms with E-state index >= 15 is 0 Å². The number of carbonyl (C=O) groups is 3. The topological polar surface area (TPSA) is 241 Å². The first kappa shape index (κ1) is 38.2. The molecule has 1 aliphatic rings. The molecular weight excluding hydrogens is 656 g/mol. The monoisotopic (exact) mass is 699 g/mol. The van der Waals surface area contributed by atoms with Crippen molar-refractivity contribution in [1.29, 1.82) is 0 Å². The van der Waals surface area contributed by atoms with Crippen LogP contribution in [0.25, 0.3) is 11.1 Å². The molecule has 2 aromatic carbocycles. The normalized spacial score (nSPS) is 14.0. The van der Waals surface area contributed by atoms with Crippen LogP contribution in [0.5, 0.6) is 0 Å². The second-order valence-electron chi connectivity index (χ2n) is 12.2. The fraction of sp³-hybridized carbons (Fsp3) is 0.500. The predicted octanol–water partition coefficient (Wildman–Crippen LogP) is 3.49. The number of benzene rings is 2. The zero-order valence-electron chi connectivity index (χ0n) is 26.4. The zero-order valence-corrected chi connectivity index (χ0v) is 28.2. The quantitative estimate of drug-likeness (QED) is 0.0985. The van der Waals surface area contributed by atoms with E-state index in [0.717, 1.165) is 22.3 Å². The van der Waals surface area contributed by atoms with Gasteiger partial charge in [0.15, 0.2) is 0 Å². The van der Waals surface area contributed by atoms with E-state index in [9.17, 15) is 48.2 Å². The van der Waals surface area contributed by atoms with Crippen LogP contribution in [0.1, 0.15) is 69.9 Å². The Hall–Kier alpha value is -3.29. The highest BCUT2D eigenvalue weighted by Gasteiger charge is 2.58. The summed E-state index contributed by atoms with van der Waals surface area (Å²) in [6.45, 7) is 4.97. The van der Waals surface area contributed by atoms with E-state index in [1.54, 1.807) is 20.8 Å². The molecule has 260 valence electrons. The van der Waals surface area contributed by atoms with Crippen LogP contribution in [0.4, 0.5) is 9.59 Å². The molecule has 17 heteroatoms. The number of nitrogens with one attached hydrogen (secondary N) is 3. The second-order valence-corrected chi connectivity index (χ2v) is 16.2. The fourth-order valence-corrected chi connectivity index (χ4v) is 7.41. The number of alkyl carbamates (subject to hydrolysis) is 2. The van der Waals surface area contributed by atoms with E-state index in [1.165, 1.54) is 0 Å². The van der Waals surface area contributed by atoms with Gasteiger partial charge in [0.05, 0.1) is 0 Å². The van der Waals surface area contributed by atoms with Crippen LogP contribution in [-0.4, -0.2) is 79.2 Å². The standard InChI is InChI=1S/C30H43N3O12P2/c1-29(2,3)45-28(36)33-25(26(34)31-18-10-16-30(37,46(38,39)40)47(41,42)43)15-8-9-17-32-27(35)44-19-24-22-13-6-4-11-20(22)21-12-5-7-14-23(21)24/h4-7,11-14,24-25,37H,8-10,15-19H2,1-3H3,(H,31,34)(H,32,35)(H,33,36)(H2,38,39,40)(H2,41,42,43). The molecule has 0 bridgehead atoms. The molecule has 1 unspecified atom stereocenters. The molecule has 0 radical (unpaired) electrons. The summed E-state index contributed by atoms with van der Waals surface area (Å²) in [6, 6.07) is 14.8. The number of rotatable bonds is 15. The van der Waals surface area contributed by atoms with Gasteiger partial charge in [-0.15, -0.1) is 0 Å². The average Bonchev–Trinajstić information content (AvgIpc) is 3.28. The van der Waals surface area contributed by atoms with Gasteiger partial charge in [0.2, 0.25) is 5.91 Å². The van der Waals surface area contributed by atoms with Crippen molar-refractivity contribution in [2.24, 2.45) is 0 Å². The smallest absolute Gasteiger partial charge is 0.408 e. The Balaban J connectivity index is 1.48. The van der Waals surface area contributed by atoms with Crippen LogP contribution in [0.3, 0.4) is 0 Å². The Morgan fingerprint density at radius 2 is 1.34 bits per heavy atom. The third-order valence-corrected chi connectivity index (χ3v) is 11.3. The summed E-state index contributed by atoms with van der Waals surface area (Å²) in [5.74, 6) is -0.787. The first-order valence-corrected chi connectivity index (χ1v) is 18.3. The number of aliphatic hydroxyl groups is 1. The summed E-state index contributed by atoms with van der Waals surface area (Å²) in [5.41, 5.74) is 3.54. The molecule has 0 spiro atoms. The van der Waals surface area contributed by atoms with Gasteiger partial charge < -0.3 is 50.1 Å². The Kier molecular flexibility index (Phi) is 12.8. The van der Waals surface area contributed by atoms with Crippen molar-refractivity contribution >= 4 is 33.3 Å². The van der Waals surface area contributed by atoms with E-state index in [-0.39, 0.29) is 32.0 Å². The first-order valence-electron chi connectivity index (χ1n) is 15.0. The minimum Gasteiger partial charge on any atom is -0.449 e. The number of hydrogen-bond acceptors (Lipinski definition) is 8. The van der Waals surface area contributed by atoms with Crippen molar-refractivity contribution in [1.82, 2.24) is 16.0 Å². The van der Waals surface area contributed by atoms with Crippen molar-refractivity contribution in [2.45, 2.75) is 75.5 Å². The lowest BCUT2D eigenvalue weighted by Gasteiger charge is -2.29. The Morgan fingerprint density at radius 1 is 0.809 bits per heavy atom. The van der Waals surface area contributed by atoms with Gasteiger partial charge in [-0.25, -0.2) is 9.59 Å². The van der Waals surface area contributed by atoms with Crippen LogP contribution >= 0.6 is 15.2 Å². The van der Waals surface area contributed by atoms with Gasteiger partial charge in [-0.3, -0.25) is 13.9 Å². The molecule has 2 aromatic rings.